The summed E-state index contributed by atoms with van der Waals surface area (Å²) in [4.78, 5) is 26.5. The van der Waals surface area contributed by atoms with Gasteiger partial charge in [-0.05, 0) is 30.6 Å². The summed E-state index contributed by atoms with van der Waals surface area (Å²) in [5, 5.41) is 7.10. The van der Waals surface area contributed by atoms with Crippen LogP contribution in [-0.2, 0) is 11.8 Å². The number of ether oxygens (including phenoxy) is 1. The van der Waals surface area contributed by atoms with E-state index in [0.717, 1.165) is 36.5 Å². The zero-order chi connectivity index (χ0) is 19.5. The number of hydrogen-bond donors (Lipinski definition) is 1. The van der Waals surface area contributed by atoms with E-state index in [1.165, 1.54) is 10.9 Å². The van der Waals surface area contributed by atoms with Gasteiger partial charge in [-0.15, -0.1) is 0 Å². The first-order valence-electron chi connectivity index (χ1n) is 9.30. The molecule has 0 unspecified atom stereocenters. The van der Waals surface area contributed by atoms with Gasteiger partial charge in [0, 0.05) is 43.9 Å². The number of anilines is 1. The van der Waals surface area contributed by atoms with Crippen molar-refractivity contribution >= 4 is 17.7 Å². The van der Waals surface area contributed by atoms with E-state index in [1.54, 1.807) is 25.4 Å². The van der Waals surface area contributed by atoms with Gasteiger partial charge in [0.15, 0.2) is 0 Å². The summed E-state index contributed by atoms with van der Waals surface area (Å²) in [5.41, 5.74) is 2.15. The molecule has 1 saturated heterocycles. The predicted molar refractivity (Wildman–Crippen MR) is 107 cm³/mol. The van der Waals surface area contributed by atoms with Crippen LogP contribution in [0.15, 0.2) is 59.2 Å². The van der Waals surface area contributed by atoms with Gasteiger partial charge in [0.2, 0.25) is 0 Å². The standard InChI is InChI=1S/C21H22N4O3/c1-24-20(26)11-18(13-23-24)25-8-6-15(14-25)12-22-21(27)17-7-9-28-19-5-3-2-4-16(19)10-17/h2-5,7,9-11,13,15H,6,8,12,14H2,1H3,(H,22,27)/t15-/m0/s1. The third-order valence-electron chi connectivity index (χ3n) is 5.09. The van der Waals surface area contributed by atoms with Crippen LogP contribution < -0.4 is 20.5 Å². The van der Waals surface area contributed by atoms with Gasteiger partial charge in [0.05, 0.1) is 18.1 Å². The van der Waals surface area contributed by atoms with Crippen molar-refractivity contribution in [3.63, 3.8) is 0 Å². The minimum Gasteiger partial charge on any atom is -0.464 e. The first-order valence-corrected chi connectivity index (χ1v) is 9.30. The normalized spacial score (nSPS) is 18.1. The minimum absolute atomic E-state index is 0.120. The number of carbonyl (C=O) groups is 1. The Kier molecular flexibility index (Phi) is 4.97. The zero-order valence-corrected chi connectivity index (χ0v) is 15.7. The van der Waals surface area contributed by atoms with Crippen LogP contribution in [0.25, 0.3) is 6.08 Å². The molecule has 1 N–H and O–H groups in total. The second-order valence-electron chi connectivity index (χ2n) is 7.04. The monoisotopic (exact) mass is 378 g/mol. The maximum atomic E-state index is 12.6. The molecule has 2 aliphatic rings. The van der Waals surface area contributed by atoms with Crippen molar-refractivity contribution in [2.45, 2.75) is 6.42 Å². The average Bonchev–Trinajstić information content (AvgIpc) is 3.06. The highest BCUT2D eigenvalue weighted by molar-refractivity contribution is 6.01. The number of fused-ring (bicyclic) bond motifs is 1. The Morgan fingerprint density at radius 2 is 2.21 bits per heavy atom. The molecule has 1 aromatic carbocycles. The first-order chi connectivity index (χ1) is 13.6. The number of carbonyl (C=O) groups excluding carboxylic acids is 1. The SMILES string of the molecule is Cn1ncc(N2CC[C@@H](CNC(=O)C3=Cc4ccccc4OC=C3)C2)cc1=O. The van der Waals surface area contributed by atoms with Crippen LogP contribution in [0.5, 0.6) is 5.75 Å². The molecule has 3 heterocycles. The van der Waals surface area contributed by atoms with E-state index in [2.05, 4.69) is 15.3 Å². The fourth-order valence-corrected chi connectivity index (χ4v) is 3.45. The zero-order valence-electron chi connectivity index (χ0n) is 15.7. The number of benzene rings is 1. The summed E-state index contributed by atoms with van der Waals surface area (Å²) in [6.45, 7) is 2.22. The highest BCUT2D eigenvalue weighted by Gasteiger charge is 2.24. The Labute approximate surface area is 162 Å². The van der Waals surface area contributed by atoms with Gasteiger partial charge < -0.3 is 15.0 Å². The fourth-order valence-electron chi connectivity index (χ4n) is 3.45. The van der Waals surface area contributed by atoms with Gasteiger partial charge in [-0.25, -0.2) is 4.68 Å². The first kappa shape index (κ1) is 18.0. The van der Waals surface area contributed by atoms with Crippen LogP contribution in [0.1, 0.15) is 12.0 Å². The summed E-state index contributed by atoms with van der Waals surface area (Å²) in [5.74, 6) is 0.938. The highest BCUT2D eigenvalue weighted by Crippen LogP contribution is 2.25. The molecule has 4 rings (SSSR count). The van der Waals surface area contributed by atoms with E-state index in [1.807, 2.05) is 30.3 Å². The quantitative estimate of drug-likeness (QED) is 0.877. The van der Waals surface area contributed by atoms with Crippen LogP contribution in [0.4, 0.5) is 5.69 Å². The van der Waals surface area contributed by atoms with E-state index in [0.29, 0.717) is 18.0 Å². The van der Waals surface area contributed by atoms with Gasteiger partial charge in [0.25, 0.3) is 11.5 Å². The molecule has 1 fully saturated rings. The number of hydrogen-bond acceptors (Lipinski definition) is 5. The molecule has 0 saturated carbocycles. The molecule has 0 aliphatic carbocycles. The Morgan fingerprint density at radius 1 is 1.36 bits per heavy atom. The number of para-hydroxylation sites is 1. The van der Waals surface area contributed by atoms with Crippen molar-refractivity contribution in [1.29, 1.82) is 0 Å². The topological polar surface area (TPSA) is 76.5 Å². The number of nitrogens with one attached hydrogen (secondary N) is 1. The molecule has 28 heavy (non-hydrogen) atoms. The third-order valence-corrected chi connectivity index (χ3v) is 5.09. The maximum Gasteiger partial charge on any atom is 0.268 e. The van der Waals surface area contributed by atoms with Crippen molar-refractivity contribution < 1.29 is 9.53 Å². The lowest BCUT2D eigenvalue weighted by molar-refractivity contribution is -0.117. The van der Waals surface area contributed by atoms with Crippen LogP contribution in [0, 0.1) is 5.92 Å². The largest absolute Gasteiger partial charge is 0.464 e. The number of aromatic nitrogens is 2. The second-order valence-corrected chi connectivity index (χ2v) is 7.04. The van der Waals surface area contributed by atoms with Crippen LogP contribution in [0.2, 0.25) is 0 Å². The molecular formula is C21H22N4O3. The minimum atomic E-state index is -0.121. The van der Waals surface area contributed by atoms with Crippen molar-refractivity contribution in [1.82, 2.24) is 15.1 Å². The average molecular weight is 378 g/mol. The summed E-state index contributed by atoms with van der Waals surface area (Å²) < 4.78 is 6.85. The van der Waals surface area contributed by atoms with Gasteiger partial charge in [-0.1, -0.05) is 18.2 Å². The summed E-state index contributed by atoms with van der Waals surface area (Å²) in [6.07, 6.45) is 7.72. The summed E-state index contributed by atoms with van der Waals surface area (Å²) >= 11 is 0. The number of amides is 1. The van der Waals surface area contributed by atoms with Crippen LogP contribution in [0.3, 0.4) is 0 Å². The maximum absolute atomic E-state index is 12.6. The van der Waals surface area contributed by atoms with Gasteiger partial charge >= 0.3 is 0 Å². The second kappa shape index (κ2) is 7.72. The molecule has 144 valence electrons. The van der Waals surface area contributed by atoms with Crippen molar-refractivity contribution in [2.75, 3.05) is 24.5 Å². The van der Waals surface area contributed by atoms with Gasteiger partial charge in [-0.3, -0.25) is 9.59 Å². The molecule has 2 aromatic rings. The molecular weight excluding hydrogens is 356 g/mol. The van der Waals surface area contributed by atoms with Gasteiger partial charge in [-0.2, -0.15) is 5.10 Å². The molecule has 2 aliphatic heterocycles. The lowest BCUT2D eigenvalue weighted by Crippen LogP contribution is -2.32. The Bertz CT molecular complexity index is 1010. The molecule has 7 nitrogen and oxygen atoms in total. The molecule has 0 radical (unpaired) electrons. The van der Waals surface area contributed by atoms with Crippen LogP contribution >= 0.6 is 0 Å². The van der Waals surface area contributed by atoms with Crippen molar-refractivity contribution in [3.05, 3.63) is 70.4 Å². The lowest BCUT2D eigenvalue weighted by Gasteiger charge is -2.18. The van der Waals surface area contributed by atoms with E-state index in [4.69, 9.17) is 4.74 Å². The van der Waals surface area contributed by atoms with E-state index < -0.39 is 0 Å². The Balaban J connectivity index is 1.36. The van der Waals surface area contributed by atoms with E-state index in [9.17, 15) is 9.59 Å². The van der Waals surface area contributed by atoms with E-state index in [-0.39, 0.29) is 11.5 Å². The smallest absolute Gasteiger partial charge is 0.268 e. The number of nitrogens with zero attached hydrogens (tertiary/aromatic N) is 3. The summed E-state index contributed by atoms with van der Waals surface area (Å²) in [6, 6.07) is 9.21. The predicted octanol–water partition coefficient (Wildman–Crippen LogP) is 1.71. The third kappa shape index (κ3) is 3.83. The van der Waals surface area contributed by atoms with Crippen LogP contribution in [-0.4, -0.2) is 35.3 Å². The molecule has 1 atom stereocenters. The van der Waals surface area contributed by atoms with Crippen molar-refractivity contribution in [2.24, 2.45) is 13.0 Å². The Morgan fingerprint density at radius 3 is 3.07 bits per heavy atom. The highest BCUT2D eigenvalue weighted by atomic mass is 16.5. The lowest BCUT2D eigenvalue weighted by atomic mass is 10.1. The van der Waals surface area contributed by atoms with Gasteiger partial charge in [0.1, 0.15) is 5.75 Å². The molecule has 1 aromatic heterocycles. The fraction of sp³-hybridized carbons (Fsp3) is 0.286. The summed E-state index contributed by atoms with van der Waals surface area (Å²) in [7, 11) is 1.63. The molecule has 0 bridgehead atoms. The number of aryl methyl sites for hydroxylation is 1. The molecule has 0 spiro atoms. The molecule has 1 amide bonds. The van der Waals surface area contributed by atoms with Crippen molar-refractivity contribution in [3.8, 4) is 5.75 Å². The molecule has 7 heteroatoms. The number of rotatable bonds is 4. The van der Waals surface area contributed by atoms with E-state index >= 15 is 0 Å². The Hall–Kier alpha value is -3.35.